The van der Waals surface area contributed by atoms with Crippen molar-refractivity contribution in [2.45, 2.75) is 40.2 Å². The van der Waals surface area contributed by atoms with E-state index in [1.54, 1.807) is 0 Å². The van der Waals surface area contributed by atoms with Gasteiger partial charge >= 0.3 is 0 Å². The largest absolute Gasteiger partial charge is 0.360 e. The van der Waals surface area contributed by atoms with Gasteiger partial charge in [-0.05, 0) is 35.7 Å². The zero-order valence-corrected chi connectivity index (χ0v) is 23.4. The number of nitrogens with zero attached hydrogens (tertiary/aromatic N) is 3. The van der Waals surface area contributed by atoms with Crippen LogP contribution < -0.4 is 0 Å². The number of imidazole rings is 1. The van der Waals surface area contributed by atoms with Gasteiger partial charge in [-0.2, -0.15) is 0 Å². The maximum atomic E-state index is 4.85. The van der Waals surface area contributed by atoms with Crippen molar-refractivity contribution in [1.82, 2.24) is 14.5 Å². The molecule has 1 radical (unpaired) electrons. The molecule has 3 heterocycles. The van der Waals surface area contributed by atoms with E-state index in [1.807, 2.05) is 49.5 Å². The molecule has 0 unspecified atom stereocenters. The molecule has 0 spiro atoms. The Morgan fingerprint density at radius 2 is 1.72 bits per heavy atom. The third kappa shape index (κ3) is 5.26. The maximum Gasteiger partial charge on any atom is 0.0777 e. The number of aryl methyl sites for hydroxylation is 2. The van der Waals surface area contributed by atoms with Gasteiger partial charge in [0.2, 0.25) is 0 Å². The van der Waals surface area contributed by atoms with E-state index in [-0.39, 0.29) is 20.1 Å². The molecular formula is C32H29IrN3-2. The number of hydrogen-bond donors (Lipinski definition) is 0. The summed E-state index contributed by atoms with van der Waals surface area (Å²) in [4.78, 5) is 9.19. The molecule has 1 aliphatic rings. The van der Waals surface area contributed by atoms with Crippen molar-refractivity contribution in [3.63, 3.8) is 0 Å². The number of allylic oxidation sites excluding steroid dienone is 1. The number of pyridine rings is 1. The van der Waals surface area contributed by atoms with Gasteiger partial charge in [0.05, 0.1) is 16.9 Å². The first-order valence-electron chi connectivity index (χ1n) is 12.1. The number of hydrogen-bond acceptors (Lipinski definition) is 2. The van der Waals surface area contributed by atoms with Crippen LogP contribution in [0.5, 0.6) is 0 Å². The fourth-order valence-corrected chi connectivity index (χ4v) is 4.43. The van der Waals surface area contributed by atoms with E-state index in [2.05, 4.69) is 84.9 Å². The van der Waals surface area contributed by atoms with Crippen LogP contribution in [0.25, 0.3) is 39.8 Å². The van der Waals surface area contributed by atoms with Gasteiger partial charge in [-0.1, -0.05) is 51.1 Å². The first-order valence-corrected chi connectivity index (χ1v) is 12.1. The molecule has 2 aromatic heterocycles. The first kappa shape index (κ1) is 25.8. The molecule has 4 heteroatoms. The van der Waals surface area contributed by atoms with E-state index in [4.69, 9.17) is 4.98 Å². The summed E-state index contributed by atoms with van der Waals surface area (Å²) in [6, 6.07) is 29.1. The average molecular weight is 648 g/mol. The molecule has 5 aromatic rings. The third-order valence-corrected chi connectivity index (χ3v) is 6.28. The topological polar surface area (TPSA) is 30.7 Å². The van der Waals surface area contributed by atoms with Crippen molar-refractivity contribution in [3.05, 3.63) is 113 Å². The van der Waals surface area contributed by atoms with Crippen LogP contribution in [0.2, 0.25) is 0 Å². The summed E-state index contributed by atoms with van der Waals surface area (Å²) in [5, 5.41) is 0. The Bertz CT molecular complexity index is 1440. The van der Waals surface area contributed by atoms with E-state index < -0.39 is 0 Å². The monoisotopic (exact) mass is 648 g/mol. The fourth-order valence-electron chi connectivity index (χ4n) is 4.43. The first-order chi connectivity index (χ1) is 17.0. The quantitative estimate of drug-likeness (QED) is 0.187. The maximum absolute atomic E-state index is 4.85. The number of aromatic nitrogens is 3. The standard InChI is InChI=1S/C19H17N2.C13H12N.Ir/c1-13(2)15-10-11-17-18-16(15)9-6-12-21(18)19(20-17)14-7-4-3-5-8-14;1-10-3-6-12(7-4-10)13-8-5-11(2)9-14-13;/h3-7,9-11,13H,12H2,1-2H3;3-6,8-9H,1-2H3;/q2*-1;. The second-order valence-corrected chi connectivity index (χ2v) is 9.32. The summed E-state index contributed by atoms with van der Waals surface area (Å²) < 4.78 is 2.31. The van der Waals surface area contributed by atoms with Gasteiger partial charge < -0.3 is 9.55 Å². The molecule has 183 valence electrons. The van der Waals surface area contributed by atoms with Crippen molar-refractivity contribution in [2.75, 3.05) is 0 Å². The number of benzene rings is 3. The normalized spacial score (nSPS) is 11.7. The van der Waals surface area contributed by atoms with Crippen molar-refractivity contribution in [3.8, 4) is 22.6 Å². The van der Waals surface area contributed by atoms with E-state index in [1.165, 1.54) is 27.8 Å². The Morgan fingerprint density at radius 3 is 2.39 bits per heavy atom. The second-order valence-electron chi connectivity index (χ2n) is 9.32. The van der Waals surface area contributed by atoms with Gasteiger partial charge in [-0.25, -0.2) is 0 Å². The molecule has 0 saturated heterocycles. The Balaban J connectivity index is 0.000000178. The summed E-state index contributed by atoms with van der Waals surface area (Å²) in [7, 11) is 0. The van der Waals surface area contributed by atoms with Crippen LogP contribution in [-0.2, 0) is 26.7 Å². The molecular weight excluding hydrogens is 619 g/mol. The predicted octanol–water partition coefficient (Wildman–Crippen LogP) is 7.82. The summed E-state index contributed by atoms with van der Waals surface area (Å²) in [5.74, 6) is 1.53. The summed E-state index contributed by atoms with van der Waals surface area (Å²) in [6.45, 7) is 9.46. The van der Waals surface area contributed by atoms with E-state index in [0.29, 0.717) is 5.92 Å². The molecule has 1 aliphatic heterocycles. The van der Waals surface area contributed by atoms with E-state index in [0.717, 1.165) is 34.7 Å². The zero-order valence-electron chi connectivity index (χ0n) is 21.0. The molecule has 0 N–H and O–H groups in total. The van der Waals surface area contributed by atoms with Crippen molar-refractivity contribution >= 4 is 17.1 Å². The molecule has 0 amide bonds. The molecule has 36 heavy (non-hydrogen) atoms. The van der Waals surface area contributed by atoms with Gasteiger partial charge in [-0.15, -0.1) is 71.3 Å². The van der Waals surface area contributed by atoms with Crippen LogP contribution in [-0.4, -0.2) is 14.5 Å². The van der Waals surface area contributed by atoms with Crippen LogP contribution in [0.3, 0.4) is 0 Å². The SMILES string of the molecule is CC(C)c1ccc2nc(-c3[c-]cccc3)n3c2c1C=CC3.Cc1c[c-]c(-c2ccc(C)cn2)cc1.[Ir]. The molecule has 3 nitrogen and oxygen atoms in total. The third-order valence-electron chi connectivity index (χ3n) is 6.28. The minimum Gasteiger partial charge on any atom is -0.360 e. The van der Waals surface area contributed by atoms with Crippen LogP contribution in [0.4, 0.5) is 0 Å². The fraction of sp³-hybridized carbons (Fsp3) is 0.188. The van der Waals surface area contributed by atoms with Crippen LogP contribution in [0.1, 0.15) is 42.0 Å². The molecule has 0 bridgehead atoms. The molecule has 0 aliphatic carbocycles. The summed E-state index contributed by atoms with van der Waals surface area (Å²) in [6.07, 6.45) is 6.35. The molecule has 3 aromatic carbocycles. The molecule has 0 saturated carbocycles. The Hall–Kier alpha value is -3.33. The van der Waals surface area contributed by atoms with Gasteiger partial charge in [-0.3, -0.25) is 4.98 Å². The number of rotatable bonds is 3. The molecule has 0 atom stereocenters. The molecule has 0 fully saturated rings. The van der Waals surface area contributed by atoms with Gasteiger partial charge in [0.15, 0.2) is 0 Å². The molecule has 6 rings (SSSR count). The van der Waals surface area contributed by atoms with E-state index in [9.17, 15) is 0 Å². The van der Waals surface area contributed by atoms with Crippen molar-refractivity contribution < 1.29 is 20.1 Å². The second kappa shape index (κ2) is 11.2. The Morgan fingerprint density at radius 1 is 0.889 bits per heavy atom. The van der Waals surface area contributed by atoms with Gasteiger partial charge in [0, 0.05) is 38.4 Å². The minimum atomic E-state index is 0. The smallest absolute Gasteiger partial charge is 0.0777 e. The van der Waals surface area contributed by atoms with Gasteiger partial charge in [0.25, 0.3) is 0 Å². The Labute approximate surface area is 227 Å². The van der Waals surface area contributed by atoms with Crippen LogP contribution >= 0.6 is 0 Å². The zero-order chi connectivity index (χ0) is 24.4. The summed E-state index contributed by atoms with van der Waals surface area (Å²) in [5.41, 5.74) is 10.5. The predicted molar refractivity (Wildman–Crippen MR) is 145 cm³/mol. The van der Waals surface area contributed by atoms with Crippen molar-refractivity contribution in [1.29, 1.82) is 0 Å². The van der Waals surface area contributed by atoms with Crippen LogP contribution in [0.15, 0.2) is 79.0 Å². The van der Waals surface area contributed by atoms with Gasteiger partial charge in [0.1, 0.15) is 0 Å². The summed E-state index contributed by atoms with van der Waals surface area (Å²) >= 11 is 0. The average Bonchev–Trinajstić information content (AvgIpc) is 3.26. The van der Waals surface area contributed by atoms with Crippen molar-refractivity contribution in [2.24, 2.45) is 0 Å². The van der Waals surface area contributed by atoms with Crippen LogP contribution in [0, 0.1) is 26.0 Å². The Kier molecular flexibility index (Phi) is 7.98. The van der Waals surface area contributed by atoms with E-state index >= 15 is 0 Å². The minimum absolute atomic E-state index is 0.